The summed E-state index contributed by atoms with van der Waals surface area (Å²) in [6.45, 7) is 5.62. The van der Waals surface area contributed by atoms with Gasteiger partial charge < -0.3 is 4.74 Å². The second-order valence-electron chi connectivity index (χ2n) is 3.36. The van der Waals surface area contributed by atoms with E-state index in [1.807, 2.05) is 0 Å². The Morgan fingerprint density at radius 1 is 1.44 bits per heavy atom. The molecule has 0 saturated heterocycles. The Bertz CT molecular complexity index is 547. The third-order valence-corrected chi connectivity index (χ3v) is 2.12. The fourth-order valence-corrected chi connectivity index (χ4v) is 1.42. The SMILES string of the molecule is CCOC(=O)c1cn2nc(C)nc2nc1C. The minimum atomic E-state index is -0.387. The van der Waals surface area contributed by atoms with E-state index in [1.165, 1.54) is 4.52 Å². The van der Waals surface area contributed by atoms with E-state index in [0.717, 1.165) is 0 Å². The number of carbonyl (C=O) groups is 1. The number of ether oxygens (including phenoxy) is 1. The molecule has 16 heavy (non-hydrogen) atoms. The molecule has 6 nitrogen and oxygen atoms in total. The van der Waals surface area contributed by atoms with Crippen LogP contribution in [0.15, 0.2) is 6.20 Å². The van der Waals surface area contributed by atoms with E-state index in [1.54, 1.807) is 27.0 Å². The smallest absolute Gasteiger partial charge is 0.341 e. The van der Waals surface area contributed by atoms with E-state index < -0.39 is 0 Å². The summed E-state index contributed by atoms with van der Waals surface area (Å²) in [5, 5.41) is 4.09. The highest BCUT2D eigenvalue weighted by Crippen LogP contribution is 2.08. The monoisotopic (exact) mass is 220 g/mol. The normalized spacial score (nSPS) is 10.7. The molecule has 0 aliphatic rings. The maximum absolute atomic E-state index is 11.6. The Morgan fingerprint density at radius 3 is 2.88 bits per heavy atom. The highest BCUT2D eigenvalue weighted by molar-refractivity contribution is 5.90. The molecule has 0 bridgehead atoms. The lowest BCUT2D eigenvalue weighted by Gasteiger charge is -2.04. The van der Waals surface area contributed by atoms with Gasteiger partial charge in [-0.3, -0.25) is 0 Å². The molecule has 0 atom stereocenters. The van der Waals surface area contributed by atoms with Gasteiger partial charge in [0.2, 0.25) is 0 Å². The van der Waals surface area contributed by atoms with Gasteiger partial charge in [0, 0.05) is 6.20 Å². The lowest BCUT2D eigenvalue weighted by atomic mass is 10.2. The van der Waals surface area contributed by atoms with Gasteiger partial charge in [-0.1, -0.05) is 0 Å². The number of esters is 1. The molecule has 0 aliphatic carbocycles. The molecule has 2 rings (SSSR count). The number of aromatic nitrogens is 4. The molecule has 0 spiro atoms. The van der Waals surface area contributed by atoms with Gasteiger partial charge in [0.25, 0.3) is 5.78 Å². The molecule has 2 aromatic heterocycles. The Kier molecular flexibility index (Phi) is 2.55. The van der Waals surface area contributed by atoms with Crippen LogP contribution in [-0.2, 0) is 4.74 Å². The number of carbonyl (C=O) groups excluding carboxylic acids is 1. The van der Waals surface area contributed by atoms with E-state index in [-0.39, 0.29) is 5.97 Å². The van der Waals surface area contributed by atoms with Crippen molar-refractivity contribution in [2.24, 2.45) is 0 Å². The summed E-state index contributed by atoms with van der Waals surface area (Å²) in [7, 11) is 0. The van der Waals surface area contributed by atoms with Crippen molar-refractivity contribution in [3.05, 3.63) is 23.3 Å². The van der Waals surface area contributed by atoms with Crippen LogP contribution in [0.25, 0.3) is 5.78 Å². The number of aryl methyl sites for hydroxylation is 2. The van der Waals surface area contributed by atoms with Gasteiger partial charge >= 0.3 is 5.97 Å². The molecule has 0 N–H and O–H groups in total. The van der Waals surface area contributed by atoms with Crippen molar-refractivity contribution >= 4 is 11.7 Å². The first-order valence-corrected chi connectivity index (χ1v) is 4.99. The van der Waals surface area contributed by atoms with Crippen molar-refractivity contribution in [2.45, 2.75) is 20.8 Å². The van der Waals surface area contributed by atoms with Crippen LogP contribution in [-0.4, -0.2) is 32.2 Å². The molecule has 0 amide bonds. The summed E-state index contributed by atoms with van der Waals surface area (Å²) < 4.78 is 6.40. The third kappa shape index (κ3) is 1.73. The second kappa shape index (κ2) is 3.88. The molecule has 2 heterocycles. The Hall–Kier alpha value is -1.98. The number of hydrogen-bond acceptors (Lipinski definition) is 5. The molecular formula is C10H12N4O2. The number of nitrogens with zero attached hydrogens (tertiary/aromatic N) is 4. The summed E-state index contributed by atoms with van der Waals surface area (Å²) in [6, 6.07) is 0. The topological polar surface area (TPSA) is 69.4 Å². The summed E-state index contributed by atoms with van der Waals surface area (Å²) in [6.07, 6.45) is 1.59. The molecule has 6 heteroatoms. The predicted octanol–water partition coefficient (Wildman–Crippen LogP) is 0.918. The van der Waals surface area contributed by atoms with E-state index in [2.05, 4.69) is 15.1 Å². The van der Waals surface area contributed by atoms with E-state index in [9.17, 15) is 4.79 Å². The zero-order valence-electron chi connectivity index (χ0n) is 9.39. The van der Waals surface area contributed by atoms with Gasteiger partial charge in [-0.25, -0.2) is 14.3 Å². The molecule has 0 radical (unpaired) electrons. The minimum Gasteiger partial charge on any atom is -0.462 e. The predicted molar refractivity (Wildman–Crippen MR) is 56.2 cm³/mol. The van der Waals surface area contributed by atoms with Crippen molar-refractivity contribution < 1.29 is 9.53 Å². The summed E-state index contributed by atoms with van der Waals surface area (Å²) in [5.41, 5.74) is 1.01. The minimum absolute atomic E-state index is 0.340. The van der Waals surface area contributed by atoms with Crippen molar-refractivity contribution in [1.29, 1.82) is 0 Å². The van der Waals surface area contributed by atoms with Crippen molar-refractivity contribution in [2.75, 3.05) is 6.61 Å². The molecule has 84 valence electrons. The van der Waals surface area contributed by atoms with Gasteiger partial charge in [-0.05, 0) is 20.8 Å². The van der Waals surface area contributed by atoms with Gasteiger partial charge in [-0.2, -0.15) is 10.1 Å². The van der Waals surface area contributed by atoms with Gasteiger partial charge in [0.15, 0.2) is 0 Å². The average Bonchev–Trinajstić information content (AvgIpc) is 2.56. The first-order valence-electron chi connectivity index (χ1n) is 4.99. The zero-order valence-corrected chi connectivity index (χ0v) is 9.39. The van der Waals surface area contributed by atoms with Crippen LogP contribution in [0.3, 0.4) is 0 Å². The first kappa shape index (κ1) is 10.5. The van der Waals surface area contributed by atoms with E-state index in [4.69, 9.17) is 4.74 Å². The Morgan fingerprint density at radius 2 is 2.19 bits per heavy atom. The molecular weight excluding hydrogens is 208 g/mol. The highest BCUT2D eigenvalue weighted by atomic mass is 16.5. The molecule has 2 aromatic rings. The summed E-state index contributed by atoms with van der Waals surface area (Å²) in [5.74, 6) is 0.721. The Labute approximate surface area is 92.3 Å². The quantitative estimate of drug-likeness (QED) is 0.704. The van der Waals surface area contributed by atoms with Crippen LogP contribution in [0.2, 0.25) is 0 Å². The number of rotatable bonds is 2. The van der Waals surface area contributed by atoms with Crippen LogP contribution in [0, 0.1) is 13.8 Å². The van der Waals surface area contributed by atoms with Crippen molar-refractivity contribution in [1.82, 2.24) is 19.6 Å². The van der Waals surface area contributed by atoms with Crippen LogP contribution in [0.5, 0.6) is 0 Å². The maximum Gasteiger partial charge on any atom is 0.341 e. The van der Waals surface area contributed by atoms with Crippen LogP contribution >= 0.6 is 0 Å². The number of fused-ring (bicyclic) bond motifs is 1. The second-order valence-corrected chi connectivity index (χ2v) is 3.36. The lowest BCUT2D eigenvalue weighted by Crippen LogP contribution is -2.10. The largest absolute Gasteiger partial charge is 0.462 e. The third-order valence-electron chi connectivity index (χ3n) is 2.12. The van der Waals surface area contributed by atoms with Crippen LogP contribution < -0.4 is 0 Å². The van der Waals surface area contributed by atoms with Gasteiger partial charge in [0.1, 0.15) is 5.82 Å². The summed E-state index contributed by atoms with van der Waals surface area (Å²) >= 11 is 0. The molecule has 0 aromatic carbocycles. The first-order chi connectivity index (χ1) is 7.61. The molecule has 0 saturated carbocycles. The van der Waals surface area contributed by atoms with Crippen molar-refractivity contribution in [3.63, 3.8) is 0 Å². The fraction of sp³-hybridized carbons (Fsp3) is 0.400. The highest BCUT2D eigenvalue weighted by Gasteiger charge is 2.14. The summed E-state index contributed by atoms with van der Waals surface area (Å²) in [4.78, 5) is 19.9. The molecule has 0 aliphatic heterocycles. The molecule has 0 unspecified atom stereocenters. The Balaban J connectivity index is 2.53. The van der Waals surface area contributed by atoms with Crippen molar-refractivity contribution in [3.8, 4) is 0 Å². The number of hydrogen-bond donors (Lipinski definition) is 0. The van der Waals surface area contributed by atoms with E-state index >= 15 is 0 Å². The standard InChI is InChI=1S/C10H12N4O2/c1-4-16-9(15)8-5-14-10(11-6(8)2)12-7(3)13-14/h5H,4H2,1-3H3. The maximum atomic E-state index is 11.6. The van der Waals surface area contributed by atoms with E-state index in [0.29, 0.717) is 29.5 Å². The van der Waals surface area contributed by atoms with Gasteiger partial charge in [-0.15, -0.1) is 0 Å². The van der Waals surface area contributed by atoms with Crippen LogP contribution in [0.1, 0.15) is 28.8 Å². The van der Waals surface area contributed by atoms with Crippen LogP contribution in [0.4, 0.5) is 0 Å². The van der Waals surface area contributed by atoms with Gasteiger partial charge in [0.05, 0.1) is 17.9 Å². The lowest BCUT2D eigenvalue weighted by molar-refractivity contribution is 0.0524. The average molecular weight is 220 g/mol. The zero-order chi connectivity index (χ0) is 11.7. The molecule has 0 fully saturated rings. The fourth-order valence-electron chi connectivity index (χ4n) is 1.42.